The van der Waals surface area contributed by atoms with Crippen molar-refractivity contribution in [3.05, 3.63) is 50.4 Å². The van der Waals surface area contributed by atoms with Gasteiger partial charge in [-0.2, -0.15) is 0 Å². The third-order valence-corrected chi connectivity index (χ3v) is 2.35. The van der Waals surface area contributed by atoms with Gasteiger partial charge in [0.15, 0.2) is 5.78 Å². The van der Waals surface area contributed by atoms with Gasteiger partial charge in [0.2, 0.25) is 5.43 Å². The summed E-state index contributed by atoms with van der Waals surface area (Å²) in [6, 6.07) is 3.67. The maximum Gasteiger partial charge on any atom is 0.270 e. The van der Waals surface area contributed by atoms with E-state index in [2.05, 4.69) is 0 Å². The standard InChI is InChI=1S/C11H7NO5/c1-6(13)9-5-17-10-3-2-7(12(15)16)4-8(10)11(9)14/h2-5H,1H3. The number of nitrogens with zero attached hydrogens (tertiary/aromatic N) is 1. The van der Waals surface area contributed by atoms with Gasteiger partial charge in [0.25, 0.3) is 5.69 Å². The summed E-state index contributed by atoms with van der Waals surface area (Å²) < 4.78 is 5.08. The maximum absolute atomic E-state index is 11.8. The number of carbonyl (C=O) groups is 1. The lowest BCUT2D eigenvalue weighted by molar-refractivity contribution is -0.384. The first-order valence-electron chi connectivity index (χ1n) is 4.71. The van der Waals surface area contributed by atoms with E-state index >= 15 is 0 Å². The van der Waals surface area contributed by atoms with Crippen LogP contribution in [0.3, 0.4) is 0 Å². The Bertz CT molecular complexity index is 681. The molecule has 1 aromatic carbocycles. The van der Waals surface area contributed by atoms with Gasteiger partial charge in [-0.3, -0.25) is 19.7 Å². The van der Waals surface area contributed by atoms with Gasteiger partial charge in [0.1, 0.15) is 17.4 Å². The molecule has 0 fully saturated rings. The average Bonchev–Trinajstić information content (AvgIpc) is 2.28. The minimum atomic E-state index is -0.612. The molecule has 0 bridgehead atoms. The van der Waals surface area contributed by atoms with Crippen LogP contribution in [0.2, 0.25) is 0 Å². The quantitative estimate of drug-likeness (QED) is 0.449. The van der Waals surface area contributed by atoms with Crippen LogP contribution < -0.4 is 5.43 Å². The first-order valence-corrected chi connectivity index (χ1v) is 4.71. The summed E-state index contributed by atoms with van der Waals surface area (Å²) in [4.78, 5) is 32.9. The first-order chi connectivity index (χ1) is 8.00. The van der Waals surface area contributed by atoms with E-state index in [0.29, 0.717) is 0 Å². The third kappa shape index (κ3) is 1.80. The summed E-state index contributed by atoms with van der Waals surface area (Å²) in [6.45, 7) is 1.23. The lowest BCUT2D eigenvalue weighted by Gasteiger charge is -1.98. The highest BCUT2D eigenvalue weighted by atomic mass is 16.6. The number of rotatable bonds is 2. The number of carbonyl (C=O) groups excluding carboxylic acids is 1. The second-order valence-electron chi connectivity index (χ2n) is 3.47. The van der Waals surface area contributed by atoms with E-state index in [0.717, 1.165) is 12.3 Å². The van der Waals surface area contributed by atoms with Gasteiger partial charge >= 0.3 is 0 Å². The monoisotopic (exact) mass is 233 g/mol. The summed E-state index contributed by atoms with van der Waals surface area (Å²) >= 11 is 0. The van der Waals surface area contributed by atoms with Crippen LogP contribution >= 0.6 is 0 Å². The van der Waals surface area contributed by atoms with Crippen molar-refractivity contribution in [2.45, 2.75) is 6.92 Å². The van der Waals surface area contributed by atoms with Crippen LogP contribution in [-0.2, 0) is 0 Å². The largest absolute Gasteiger partial charge is 0.463 e. The van der Waals surface area contributed by atoms with Gasteiger partial charge in [0, 0.05) is 12.1 Å². The van der Waals surface area contributed by atoms with Crippen LogP contribution in [0.4, 0.5) is 5.69 Å². The molecule has 0 N–H and O–H groups in total. The van der Waals surface area contributed by atoms with Gasteiger partial charge < -0.3 is 4.42 Å². The molecule has 0 saturated heterocycles. The fourth-order valence-corrected chi connectivity index (χ4v) is 1.48. The number of hydrogen-bond acceptors (Lipinski definition) is 5. The number of fused-ring (bicyclic) bond motifs is 1. The normalized spacial score (nSPS) is 10.4. The van der Waals surface area contributed by atoms with Crippen LogP contribution in [0, 0.1) is 10.1 Å². The number of Topliss-reactive ketones (excluding diaryl/α,β-unsaturated/α-hetero) is 1. The van der Waals surface area contributed by atoms with Gasteiger partial charge in [-0.1, -0.05) is 0 Å². The number of nitro groups is 1. The Kier molecular flexibility index (Phi) is 2.47. The van der Waals surface area contributed by atoms with E-state index in [1.807, 2.05) is 0 Å². The molecule has 1 heterocycles. The molecule has 0 radical (unpaired) electrons. The highest BCUT2D eigenvalue weighted by Crippen LogP contribution is 2.18. The SMILES string of the molecule is CC(=O)c1coc2ccc([N+](=O)[O-])cc2c1=O. The number of benzene rings is 1. The van der Waals surface area contributed by atoms with Crippen LogP contribution in [0.15, 0.2) is 33.7 Å². The zero-order valence-electron chi connectivity index (χ0n) is 8.80. The van der Waals surface area contributed by atoms with Crippen molar-refractivity contribution in [1.29, 1.82) is 0 Å². The lowest BCUT2D eigenvalue weighted by Crippen LogP contribution is -2.12. The van der Waals surface area contributed by atoms with E-state index in [1.165, 1.54) is 19.1 Å². The van der Waals surface area contributed by atoms with E-state index in [-0.39, 0.29) is 22.2 Å². The molecule has 17 heavy (non-hydrogen) atoms. The minimum Gasteiger partial charge on any atom is -0.463 e. The molecule has 0 aliphatic carbocycles. The van der Waals surface area contributed by atoms with Crippen molar-refractivity contribution < 1.29 is 14.1 Å². The Morgan fingerprint density at radius 3 is 2.71 bits per heavy atom. The van der Waals surface area contributed by atoms with Crippen LogP contribution in [-0.4, -0.2) is 10.7 Å². The number of nitro benzene ring substituents is 1. The topological polar surface area (TPSA) is 90.4 Å². The summed E-state index contributed by atoms with van der Waals surface area (Å²) in [5, 5.41) is 10.6. The second-order valence-corrected chi connectivity index (χ2v) is 3.47. The van der Waals surface area contributed by atoms with Crippen molar-refractivity contribution >= 4 is 22.4 Å². The summed E-state index contributed by atoms with van der Waals surface area (Å²) in [7, 11) is 0. The van der Waals surface area contributed by atoms with Crippen LogP contribution in [0.25, 0.3) is 11.0 Å². The molecule has 2 rings (SSSR count). The summed E-state index contributed by atoms with van der Waals surface area (Å²) in [5.74, 6) is -0.438. The van der Waals surface area contributed by atoms with Crippen molar-refractivity contribution in [1.82, 2.24) is 0 Å². The van der Waals surface area contributed by atoms with E-state index in [1.54, 1.807) is 0 Å². The Balaban J connectivity index is 2.83. The molecule has 0 saturated carbocycles. The number of ketones is 1. The molecule has 0 atom stereocenters. The Hall–Kier alpha value is -2.50. The van der Waals surface area contributed by atoms with Crippen molar-refractivity contribution in [3.63, 3.8) is 0 Å². The lowest BCUT2D eigenvalue weighted by atomic mass is 10.1. The Labute approximate surface area is 94.6 Å². The van der Waals surface area contributed by atoms with Gasteiger partial charge in [0.05, 0.1) is 10.3 Å². The highest BCUT2D eigenvalue weighted by Gasteiger charge is 2.14. The molecular weight excluding hydrogens is 226 g/mol. The Morgan fingerprint density at radius 1 is 1.41 bits per heavy atom. The van der Waals surface area contributed by atoms with E-state index in [9.17, 15) is 19.7 Å². The highest BCUT2D eigenvalue weighted by molar-refractivity contribution is 5.96. The van der Waals surface area contributed by atoms with Crippen molar-refractivity contribution in [2.24, 2.45) is 0 Å². The zero-order valence-corrected chi connectivity index (χ0v) is 8.80. The van der Waals surface area contributed by atoms with Crippen LogP contribution in [0.1, 0.15) is 17.3 Å². The smallest absolute Gasteiger partial charge is 0.270 e. The van der Waals surface area contributed by atoms with Crippen molar-refractivity contribution in [3.8, 4) is 0 Å². The zero-order chi connectivity index (χ0) is 12.6. The molecule has 86 valence electrons. The molecule has 6 nitrogen and oxygen atoms in total. The molecule has 0 spiro atoms. The molecule has 0 unspecified atom stereocenters. The van der Waals surface area contributed by atoms with Gasteiger partial charge in [-0.05, 0) is 13.0 Å². The molecule has 1 aromatic heterocycles. The van der Waals surface area contributed by atoms with Crippen LogP contribution in [0.5, 0.6) is 0 Å². The molecule has 0 amide bonds. The second kappa shape index (κ2) is 3.82. The summed E-state index contributed by atoms with van der Waals surface area (Å²) in [5.41, 5.74) is -0.670. The fourth-order valence-electron chi connectivity index (χ4n) is 1.48. The number of hydrogen-bond donors (Lipinski definition) is 0. The maximum atomic E-state index is 11.8. The van der Waals surface area contributed by atoms with Gasteiger partial charge in [-0.15, -0.1) is 0 Å². The van der Waals surface area contributed by atoms with Gasteiger partial charge in [-0.25, -0.2) is 0 Å². The fraction of sp³-hybridized carbons (Fsp3) is 0.0909. The molecule has 2 aromatic rings. The predicted octanol–water partition coefficient (Wildman–Crippen LogP) is 1.90. The van der Waals surface area contributed by atoms with E-state index in [4.69, 9.17) is 4.42 Å². The molecule has 0 aliphatic rings. The van der Waals surface area contributed by atoms with E-state index < -0.39 is 16.1 Å². The molecule has 0 aliphatic heterocycles. The first kappa shape index (κ1) is 11.0. The molecular formula is C11H7NO5. The third-order valence-electron chi connectivity index (χ3n) is 2.35. The minimum absolute atomic E-state index is 0.0342. The molecule has 6 heteroatoms. The number of non-ortho nitro benzene ring substituents is 1. The summed E-state index contributed by atoms with van der Waals surface area (Å²) in [6.07, 6.45) is 1.07. The predicted molar refractivity (Wildman–Crippen MR) is 59.1 cm³/mol. The van der Waals surface area contributed by atoms with Crippen molar-refractivity contribution in [2.75, 3.05) is 0 Å². The Morgan fingerprint density at radius 2 is 2.12 bits per heavy atom. The average molecular weight is 233 g/mol.